The molecule has 0 saturated heterocycles. The van der Waals surface area contributed by atoms with Crippen LogP contribution in [0.25, 0.3) is 0 Å². The van der Waals surface area contributed by atoms with Gasteiger partial charge >= 0.3 is 0 Å². The molecule has 1 amide bonds. The molecule has 0 radical (unpaired) electrons. The summed E-state index contributed by atoms with van der Waals surface area (Å²) in [7, 11) is 1.88. The highest BCUT2D eigenvalue weighted by Crippen LogP contribution is 2.24. The number of carbonyl (C=O) groups excluding carboxylic acids is 1. The fourth-order valence-electron chi connectivity index (χ4n) is 1.78. The van der Waals surface area contributed by atoms with Crippen LogP contribution >= 0.6 is 22.9 Å². The zero-order valence-corrected chi connectivity index (χ0v) is 13.4. The maximum Gasteiger partial charge on any atom is 0.241 e. The molecule has 0 fully saturated rings. The van der Waals surface area contributed by atoms with Gasteiger partial charge in [-0.2, -0.15) is 0 Å². The molecule has 112 valence electrons. The number of nitrogens with one attached hydrogen (secondary N) is 1. The van der Waals surface area contributed by atoms with Gasteiger partial charge in [0, 0.05) is 17.6 Å². The minimum absolute atomic E-state index is 0.126. The van der Waals surface area contributed by atoms with Gasteiger partial charge in [0.25, 0.3) is 0 Å². The van der Waals surface area contributed by atoms with E-state index in [1.807, 2.05) is 24.3 Å². The molecule has 0 aliphatic heterocycles. The van der Waals surface area contributed by atoms with Gasteiger partial charge in [-0.3, -0.25) is 9.69 Å². The van der Waals surface area contributed by atoms with Crippen LogP contribution in [-0.4, -0.2) is 28.9 Å². The second kappa shape index (κ2) is 6.89. The number of likely N-dealkylation sites (N-methyl/N-ethyl adjacent to an activating group) is 1. The van der Waals surface area contributed by atoms with E-state index in [1.54, 1.807) is 23.7 Å². The van der Waals surface area contributed by atoms with Gasteiger partial charge in [0.05, 0.1) is 28.0 Å². The number of carbonyl (C=O) groups is 1. The minimum atomic E-state index is -0.305. The molecule has 1 heterocycles. The van der Waals surface area contributed by atoms with Crippen molar-refractivity contribution in [3.05, 3.63) is 39.8 Å². The van der Waals surface area contributed by atoms with Crippen LogP contribution in [0.5, 0.6) is 0 Å². The largest absolute Gasteiger partial charge is 0.399 e. The molecule has 0 aliphatic carbocycles. The number of nitrogens with zero attached hydrogens (tertiary/aromatic N) is 2. The van der Waals surface area contributed by atoms with Gasteiger partial charge in [0.1, 0.15) is 0 Å². The molecule has 21 heavy (non-hydrogen) atoms. The highest BCUT2D eigenvalue weighted by Gasteiger charge is 2.19. The number of thiazole rings is 1. The summed E-state index contributed by atoms with van der Waals surface area (Å²) in [5, 5.41) is 5.21. The average molecular weight is 325 g/mol. The summed E-state index contributed by atoms with van der Waals surface area (Å²) in [5.41, 5.74) is 9.48. The predicted molar refractivity (Wildman–Crippen MR) is 87.5 cm³/mol. The quantitative estimate of drug-likeness (QED) is 0.830. The van der Waals surface area contributed by atoms with Crippen LogP contribution in [0.15, 0.2) is 29.1 Å². The summed E-state index contributed by atoms with van der Waals surface area (Å²) in [5.74, 6) is -0.126. The molecule has 2 rings (SSSR count). The van der Waals surface area contributed by atoms with Crippen molar-refractivity contribution in [2.75, 3.05) is 18.1 Å². The maximum atomic E-state index is 12.3. The Morgan fingerprint density at radius 1 is 1.57 bits per heavy atom. The molecule has 7 heteroatoms. The van der Waals surface area contributed by atoms with Gasteiger partial charge < -0.3 is 11.1 Å². The van der Waals surface area contributed by atoms with Crippen LogP contribution in [-0.2, 0) is 11.3 Å². The number of benzene rings is 1. The molecule has 3 N–H and O–H groups in total. The monoisotopic (exact) mass is 324 g/mol. The molecule has 0 bridgehead atoms. The number of amides is 1. The summed E-state index contributed by atoms with van der Waals surface area (Å²) >= 11 is 7.60. The first-order chi connectivity index (χ1) is 9.97. The SMILES string of the molecule is CC(C(=O)Nc1ccc(N)cc1Cl)N(C)Cc1cscn1. The highest BCUT2D eigenvalue weighted by atomic mass is 35.5. The van der Waals surface area contributed by atoms with Gasteiger partial charge in [-0.1, -0.05) is 11.6 Å². The van der Waals surface area contributed by atoms with Crippen molar-refractivity contribution in [3.63, 3.8) is 0 Å². The summed E-state index contributed by atoms with van der Waals surface area (Å²) < 4.78 is 0. The third-order valence-corrected chi connectivity index (χ3v) is 4.13. The van der Waals surface area contributed by atoms with Crippen molar-refractivity contribution in [1.29, 1.82) is 0 Å². The lowest BCUT2D eigenvalue weighted by Crippen LogP contribution is -2.39. The summed E-state index contributed by atoms with van der Waals surface area (Å²) in [6.07, 6.45) is 0. The first kappa shape index (κ1) is 15.8. The van der Waals surface area contributed by atoms with E-state index in [4.69, 9.17) is 17.3 Å². The van der Waals surface area contributed by atoms with Crippen molar-refractivity contribution in [2.45, 2.75) is 19.5 Å². The van der Waals surface area contributed by atoms with Crippen molar-refractivity contribution < 1.29 is 4.79 Å². The lowest BCUT2D eigenvalue weighted by atomic mass is 10.2. The third kappa shape index (κ3) is 4.17. The summed E-state index contributed by atoms with van der Waals surface area (Å²) in [6.45, 7) is 2.46. The molecule has 5 nitrogen and oxygen atoms in total. The zero-order valence-electron chi connectivity index (χ0n) is 11.8. The van der Waals surface area contributed by atoms with Gasteiger partial charge in [0.2, 0.25) is 5.91 Å². The van der Waals surface area contributed by atoms with E-state index in [0.717, 1.165) is 5.69 Å². The number of halogens is 1. The predicted octanol–water partition coefficient (Wildman–Crippen LogP) is 2.84. The Labute approximate surface area is 132 Å². The molecular weight excluding hydrogens is 308 g/mol. The van der Waals surface area contributed by atoms with E-state index in [2.05, 4.69) is 10.3 Å². The van der Waals surface area contributed by atoms with Crippen LogP contribution < -0.4 is 11.1 Å². The first-order valence-electron chi connectivity index (χ1n) is 6.40. The second-order valence-electron chi connectivity index (χ2n) is 4.80. The van der Waals surface area contributed by atoms with Gasteiger partial charge in [0.15, 0.2) is 0 Å². The average Bonchev–Trinajstić information content (AvgIpc) is 2.93. The number of aromatic nitrogens is 1. The van der Waals surface area contributed by atoms with E-state index in [0.29, 0.717) is 22.9 Å². The molecule has 1 aromatic carbocycles. The molecule has 0 aliphatic rings. The van der Waals surface area contributed by atoms with E-state index in [-0.39, 0.29) is 11.9 Å². The molecule has 0 saturated carbocycles. The van der Waals surface area contributed by atoms with Crippen molar-refractivity contribution in [2.24, 2.45) is 0 Å². The molecule has 0 spiro atoms. The molecule has 1 aromatic heterocycles. The highest BCUT2D eigenvalue weighted by molar-refractivity contribution is 7.07. The third-order valence-electron chi connectivity index (χ3n) is 3.19. The number of nitrogens with two attached hydrogens (primary N) is 1. The number of rotatable bonds is 5. The van der Waals surface area contributed by atoms with Crippen LogP contribution in [0.3, 0.4) is 0 Å². The van der Waals surface area contributed by atoms with E-state index < -0.39 is 0 Å². The number of hydrogen-bond donors (Lipinski definition) is 2. The van der Waals surface area contributed by atoms with Crippen molar-refractivity contribution in [1.82, 2.24) is 9.88 Å². The lowest BCUT2D eigenvalue weighted by molar-refractivity contribution is -0.120. The smallest absolute Gasteiger partial charge is 0.241 e. The standard InChI is InChI=1S/C14H17ClN4OS/c1-9(19(2)6-11-7-21-8-17-11)14(20)18-13-4-3-10(16)5-12(13)15/h3-5,7-9H,6,16H2,1-2H3,(H,18,20). The van der Waals surface area contributed by atoms with E-state index in [1.165, 1.54) is 11.3 Å². The topological polar surface area (TPSA) is 71.2 Å². The van der Waals surface area contributed by atoms with Gasteiger partial charge in [-0.15, -0.1) is 11.3 Å². The van der Waals surface area contributed by atoms with Crippen LogP contribution in [0, 0.1) is 0 Å². The van der Waals surface area contributed by atoms with Crippen LogP contribution in [0.2, 0.25) is 5.02 Å². The number of nitrogen functional groups attached to an aromatic ring is 1. The van der Waals surface area contributed by atoms with E-state index in [9.17, 15) is 4.79 Å². The Balaban J connectivity index is 1.98. The molecular formula is C14H17ClN4OS. The van der Waals surface area contributed by atoms with E-state index >= 15 is 0 Å². The Morgan fingerprint density at radius 3 is 2.95 bits per heavy atom. The minimum Gasteiger partial charge on any atom is -0.399 e. The number of anilines is 2. The fourth-order valence-corrected chi connectivity index (χ4v) is 2.56. The molecule has 2 aromatic rings. The fraction of sp³-hybridized carbons (Fsp3) is 0.286. The number of hydrogen-bond acceptors (Lipinski definition) is 5. The maximum absolute atomic E-state index is 12.3. The van der Waals surface area contributed by atoms with Crippen LogP contribution in [0.4, 0.5) is 11.4 Å². The second-order valence-corrected chi connectivity index (χ2v) is 5.93. The Bertz CT molecular complexity index is 617. The van der Waals surface area contributed by atoms with Crippen molar-refractivity contribution in [3.8, 4) is 0 Å². The Hall–Kier alpha value is -1.63. The summed E-state index contributed by atoms with van der Waals surface area (Å²) in [4.78, 5) is 18.4. The zero-order chi connectivity index (χ0) is 15.4. The van der Waals surface area contributed by atoms with Crippen LogP contribution in [0.1, 0.15) is 12.6 Å². The normalized spacial score (nSPS) is 12.4. The Morgan fingerprint density at radius 2 is 2.33 bits per heavy atom. The first-order valence-corrected chi connectivity index (χ1v) is 7.72. The van der Waals surface area contributed by atoms with Gasteiger partial charge in [-0.25, -0.2) is 4.98 Å². The van der Waals surface area contributed by atoms with Crippen molar-refractivity contribution >= 4 is 40.2 Å². The molecule has 1 unspecified atom stereocenters. The summed E-state index contributed by atoms with van der Waals surface area (Å²) in [6, 6.07) is 4.70. The Kier molecular flexibility index (Phi) is 5.17. The lowest BCUT2D eigenvalue weighted by Gasteiger charge is -2.23. The van der Waals surface area contributed by atoms with Gasteiger partial charge in [-0.05, 0) is 32.2 Å². The molecule has 1 atom stereocenters.